The number of fused-ring (bicyclic) bond motifs is 1. The molecule has 1 heterocycles. The van der Waals surface area contributed by atoms with Crippen molar-refractivity contribution in [1.29, 1.82) is 0 Å². The number of hydrogen-bond acceptors (Lipinski definition) is 5. The number of aryl methyl sites for hydroxylation is 1. The normalized spacial score (nSPS) is 10.4. The van der Waals surface area contributed by atoms with E-state index in [9.17, 15) is 9.59 Å². The predicted molar refractivity (Wildman–Crippen MR) is 75.9 cm³/mol. The van der Waals surface area contributed by atoms with Gasteiger partial charge in [0.1, 0.15) is 12.3 Å². The van der Waals surface area contributed by atoms with Gasteiger partial charge in [0.2, 0.25) is 5.91 Å². The molecule has 0 aliphatic carbocycles. The summed E-state index contributed by atoms with van der Waals surface area (Å²) in [4.78, 5) is 22.5. The van der Waals surface area contributed by atoms with E-state index in [1.165, 1.54) is 7.11 Å². The first-order valence-corrected chi connectivity index (χ1v) is 6.47. The summed E-state index contributed by atoms with van der Waals surface area (Å²) >= 11 is 0. The van der Waals surface area contributed by atoms with Crippen LogP contribution < -0.4 is 10.1 Å². The highest BCUT2D eigenvalue weighted by Crippen LogP contribution is 2.20. The Morgan fingerprint density at radius 3 is 2.86 bits per heavy atom. The summed E-state index contributed by atoms with van der Waals surface area (Å²) in [5, 5.41) is 7.68. The Kier molecular flexibility index (Phi) is 4.76. The lowest BCUT2D eigenvalue weighted by molar-refractivity contribution is -0.141. The number of carbonyl (C=O) groups is 2. The Morgan fingerprint density at radius 2 is 2.14 bits per heavy atom. The second-order valence-electron chi connectivity index (χ2n) is 4.40. The predicted octanol–water partition coefficient (Wildman–Crippen LogP) is 0.724. The Bertz CT molecular complexity index is 651. The van der Waals surface area contributed by atoms with Crippen LogP contribution in [0.15, 0.2) is 24.4 Å². The molecule has 2 aromatic rings. The first-order chi connectivity index (χ1) is 10.1. The van der Waals surface area contributed by atoms with Crippen molar-refractivity contribution in [3.63, 3.8) is 0 Å². The highest BCUT2D eigenvalue weighted by molar-refractivity contribution is 5.82. The second-order valence-corrected chi connectivity index (χ2v) is 4.40. The van der Waals surface area contributed by atoms with E-state index in [-0.39, 0.29) is 18.9 Å². The Labute approximate surface area is 121 Å². The first kappa shape index (κ1) is 14.8. The van der Waals surface area contributed by atoms with Crippen LogP contribution in [0.4, 0.5) is 0 Å². The van der Waals surface area contributed by atoms with Crippen LogP contribution in [0.2, 0.25) is 0 Å². The number of methoxy groups -OCH3 is 2. The molecule has 0 aliphatic heterocycles. The van der Waals surface area contributed by atoms with Gasteiger partial charge in [-0.25, -0.2) is 0 Å². The van der Waals surface area contributed by atoms with Crippen LogP contribution in [0.1, 0.15) is 6.42 Å². The lowest BCUT2D eigenvalue weighted by Gasteiger charge is -2.05. The third-order valence-electron chi connectivity index (χ3n) is 3.06. The van der Waals surface area contributed by atoms with Crippen molar-refractivity contribution >= 4 is 22.8 Å². The standard InChI is InChI=1S/C14H17N3O4/c1-20-11-3-4-12-10(7-11)8-16-17(12)6-5-13(18)15-9-14(19)21-2/h3-4,7-8H,5-6,9H2,1-2H3,(H,15,18). The van der Waals surface area contributed by atoms with E-state index in [4.69, 9.17) is 4.74 Å². The van der Waals surface area contributed by atoms with Crippen LogP contribution in [0.5, 0.6) is 5.75 Å². The lowest BCUT2D eigenvalue weighted by Crippen LogP contribution is -2.30. The fourth-order valence-corrected chi connectivity index (χ4v) is 1.91. The highest BCUT2D eigenvalue weighted by Gasteiger charge is 2.08. The molecule has 0 unspecified atom stereocenters. The topological polar surface area (TPSA) is 82.5 Å². The van der Waals surface area contributed by atoms with Crippen molar-refractivity contribution < 1.29 is 19.1 Å². The van der Waals surface area contributed by atoms with Gasteiger partial charge in [-0.15, -0.1) is 0 Å². The van der Waals surface area contributed by atoms with Crippen molar-refractivity contribution in [2.45, 2.75) is 13.0 Å². The smallest absolute Gasteiger partial charge is 0.325 e. The number of ether oxygens (including phenoxy) is 2. The average molecular weight is 291 g/mol. The summed E-state index contributed by atoms with van der Waals surface area (Å²) in [5.74, 6) is 0.0652. The molecule has 0 radical (unpaired) electrons. The summed E-state index contributed by atoms with van der Waals surface area (Å²) in [6.45, 7) is 0.315. The molecule has 112 valence electrons. The fourth-order valence-electron chi connectivity index (χ4n) is 1.91. The number of esters is 1. The molecule has 1 aromatic carbocycles. The number of aromatic nitrogens is 2. The molecule has 0 saturated carbocycles. The van der Waals surface area contributed by atoms with Crippen molar-refractivity contribution in [3.8, 4) is 5.75 Å². The Hall–Kier alpha value is -2.57. The number of nitrogens with zero attached hydrogens (tertiary/aromatic N) is 2. The average Bonchev–Trinajstić information content (AvgIpc) is 2.92. The number of hydrogen-bond donors (Lipinski definition) is 1. The zero-order chi connectivity index (χ0) is 15.2. The van der Waals surface area contributed by atoms with E-state index in [1.54, 1.807) is 18.0 Å². The molecule has 21 heavy (non-hydrogen) atoms. The van der Waals surface area contributed by atoms with Crippen LogP contribution in [-0.2, 0) is 20.9 Å². The molecule has 2 rings (SSSR count). The van der Waals surface area contributed by atoms with Crippen molar-refractivity contribution in [2.24, 2.45) is 0 Å². The minimum atomic E-state index is -0.472. The van der Waals surface area contributed by atoms with Crippen molar-refractivity contribution in [1.82, 2.24) is 15.1 Å². The molecule has 1 N–H and O–H groups in total. The molecule has 7 nitrogen and oxygen atoms in total. The van der Waals surface area contributed by atoms with Crippen LogP contribution >= 0.6 is 0 Å². The molecule has 7 heteroatoms. The van der Waals surface area contributed by atoms with E-state index < -0.39 is 5.97 Å². The summed E-state index contributed by atoms with van der Waals surface area (Å²) in [6.07, 6.45) is 1.96. The molecule has 0 fully saturated rings. The van der Waals surface area contributed by atoms with Crippen molar-refractivity contribution in [2.75, 3.05) is 20.8 Å². The fraction of sp³-hybridized carbons (Fsp3) is 0.357. The van der Waals surface area contributed by atoms with Gasteiger partial charge in [-0.2, -0.15) is 5.10 Å². The van der Waals surface area contributed by atoms with E-state index >= 15 is 0 Å². The third kappa shape index (κ3) is 3.71. The quantitative estimate of drug-likeness (QED) is 0.793. The van der Waals surface area contributed by atoms with Gasteiger partial charge in [0, 0.05) is 11.8 Å². The van der Waals surface area contributed by atoms with E-state index in [0.717, 1.165) is 16.7 Å². The lowest BCUT2D eigenvalue weighted by atomic mass is 10.2. The summed E-state index contributed by atoms with van der Waals surface area (Å²) in [7, 11) is 2.88. The molecule has 0 atom stereocenters. The largest absolute Gasteiger partial charge is 0.497 e. The number of amides is 1. The maximum absolute atomic E-state index is 11.6. The van der Waals surface area contributed by atoms with Gasteiger partial charge in [-0.3, -0.25) is 14.3 Å². The van der Waals surface area contributed by atoms with Crippen molar-refractivity contribution in [3.05, 3.63) is 24.4 Å². The number of rotatable bonds is 6. The van der Waals surface area contributed by atoms with Gasteiger partial charge in [-0.1, -0.05) is 0 Å². The molecular formula is C14H17N3O4. The van der Waals surface area contributed by atoms with Gasteiger partial charge < -0.3 is 14.8 Å². The molecule has 0 bridgehead atoms. The number of benzene rings is 1. The molecule has 0 aliphatic rings. The minimum absolute atomic E-state index is 0.119. The van der Waals surface area contributed by atoms with Gasteiger partial charge in [0.05, 0.1) is 32.5 Å². The maximum atomic E-state index is 11.6. The van der Waals surface area contributed by atoms with Gasteiger partial charge in [0.25, 0.3) is 0 Å². The number of nitrogens with one attached hydrogen (secondary N) is 1. The van der Waals surface area contributed by atoms with Gasteiger partial charge in [0.15, 0.2) is 0 Å². The first-order valence-electron chi connectivity index (χ1n) is 6.47. The SMILES string of the molecule is COC(=O)CNC(=O)CCn1ncc2cc(OC)ccc21. The van der Waals surface area contributed by atoms with E-state index in [2.05, 4.69) is 15.2 Å². The summed E-state index contributed by atoms with van der Waals surface area (Å²) in [6, 6.07) is 5.63. The highest BCUT2D eigenvalue weighted by atomic mass is 16.5. The van der Waals surface area contributed by atoms with Crippen LogP contribution in [0.25, 0.3) is 10.9 Å². The summed E-state index contributed by atoms with van der Waals surface area (Å²) < 4.78 is 11.3. The molecule has 0 saturated heterocycles. The minimum Gasteiger partial charge on any atom is -0.497 e. The molecule has 0 spiro atoms. The van der Waals surface area contributed by atoms with Gasteiger partial charge in [-0.05, 0) is 18.2 Å². The zero-order valence-corrected chi connectivity index (χ0v) is 12.0. The van der Waals surface area contributed by atoms with Crippen LogP contribution in [-0.4, -0.2) is 42.4 Å². The Balaban J connectivity index is 1.94. The van der Waals surface area contributed by atoms with Crippen LogP contribution in [0, 0.1) is 0 Å². The second kappa shape index (κ2) is 6.74. The maximum Gasteiger partial charge on any atom is 0.325 e. The molecular weight excluding hydrogens is 274 g/mol. The summed E-state index contributed by atoms with van der Waals surface area (Å²) in [5.41, 5.74) is 0.927. The third-order valence-corrected chi connectivity index (χ3v) is 3.06. The Morgan fingerprint density at radius 1 is 1.33 bits per heavy atom. The number of carbonyl (C=O) groups excluding carboxylic acids is 2. The van der Waals surface area contributed by atoms with E-state index in [1.807, 2.05) is 18.2 Å². The van der Waals surface area contributed by atoms with Crippen LogP contribution in [0.3, 0.4) is 0 Å². The molecule has 1 amide bonds. The monoisotopic (exact) mass is 291 g/mol. The van der Waals surface area contributed by atoms with E-state index in [0.29, 0.717) is 6.54 Å². The van der Waals surface area contributed by atoms with Gasteiger partial charge >= 0.3 is 5.97 Å². The molecule has 1 aromatic heterocycles. The zero-order valence-electron chi connectivity index (χ0n) is 12.0.